The Kier molecular flexibility index (Phi) is 5.73. The molecule has 2 nitrogen and oxygen atoms in total. The Morgan fingerprint density at radius 2 is 1.40 bits per heavy atom. The highest BCUT2D eigenvalue weighted by Gasteiger charge is 2.04. The van der Waals surface area contributed by atoms with Crippen molar-refractivity contribution in [3.63, 3.8) is 0 Å². The number of rotatable bonds is 7. The van der Waals surface area contributed by atoms with Gasteiger partial charge in [-0.05, 0) is 42.7 Å². The summed E-state index contributed by atoms with van der Waals surface area (Å²) < 4.78 is 5.99. The van der Waals surface area contributed by atoms with Crippen LogP contribution in [-0.2, 0) is 6.61 Å². The third kappa shape index (κ3) is 4.42. The lowest BCUT2D eigenvalue weighted by atomic mass is 10.0. The first-order valence-electron chi connectivity index (χ1n) is 8.92. The zero-order valence-electron chi connectivity index (χ0n) is 15.0. The Bertz CT molecular complexity index is 777. The summed E-state index contributed by atoms with van der Waals surface area (Å²) in [5, 5.41) is 0. The number of hydrogen-bond acceptors (Lipinski definition) is 2. The van der Waals surface area contributed by atoms with Crippen molar-refractivity contribution >= 4 is 5.69 Å². The summed E-state index contributed by atoms with van der Waals surface area (Å²) in [6, 6.07) is 27.3. The van der Waals surface area contributed by atoms with Gasteiger partial charge >= 0.3 is 0 Å². The van der Waals surface area contributed by atoms with Crippen molar-refractivity contribution in [2.24, 2.45) is 0 Å². The Balaban J connectivity index is 1.65. The number of anilines is 1. The maximum Gasteiger partial charge on any atom is 0.121 e. The molecule has 0 saturated heterocycles. The van der Waals surface area contributed by atoms with Gasteiger partial charge in [-0.1, -0.05) is 60.7 Å². The quantitative estimate of drug-likeness (QED) is 0.544. The fourth-order valence-corrected chi connectivity index (χ4v) is 2.95. The van der Waals surface area contributed by atoms with E-state index in [9.17, 15) is 0 Å². The van der Waals surface area contributed by atoms with Crippen LogP contribution in [0.25, 0.3) is 11.1 Å². The molecule has 0 radical (unpaired) electrons. The van der Waals surface area contributed by atoms with E-state index in [1.165, 1.54) is 22.4 Å². The van der Waals surface area contributed by atoms with E-state index in [4.69, 9.17) is 4.74 Å². The Morgan fingerprint density at radius 1 is 0.720 bits per heavy atom. The van der Waals surface area contributed by atoms with Gasteiger partial charge in [0.1, 0.15) is 12.4 Å². The predicted molar refractivity (Wildman–Crippen MR) is 106 cm³/mol. The van der Waals surface area contributed by atoms with Gasteiger partial charge < -0.3 is 9.64 Å². The molecular weight excluding hydrogens is 306 g/mol. The predicted octanol–water partition coefficient (Wildman–Crippen LogP) is 5.78. The minimum atomic E-state index is 0.580. The van der Waals surface area contributed by atoms with E-state index in [2.05, 4.69) is 85.5 Å². The van der Waals surface area contributed by atoms with Crippen LogP contribution in [0, 0.1) is 0 Å². The summed E-state index contributed by atoms with van der Waals surface area (Å²) in [4.78, 5) is 2.32. The van der Waals surface area contributed by atoms with Crippen LogP contribution in [-0.4, -0.2) is 13.1 Å². The van der Waals surface area contributed by atoms with Gasteiger partial charge in [0.2, 0.25) is 0 Å². The smallest absolute Gasteiger partial charge is 0.121 e. The molecule has 128 valence electrons. The van der Waals surface area contributed by atoms with Crippen molar-refractivity contribution in [2.45, 2.75) is 20.5 Å². The van der Waals surface area contributed by atoms with Crippen LogP contribution < -0.4 is 9.64 Å². The highest BCUT2D eigenvalue weighted by molar-refractivity contribution is 5.63. The average molecular weight is 331 g/mol. The first-order valence-corrected chi connectivity index (χ1v) is 8.92. The fraction of sp³-hybridized carbons (Fsp3) is 0.217. The zero-order valence-corrected chi connectivity index (χ0v) is 15.0. The van der Waals surface area contributed by atoms with E-state index in [1.54, 1.807) is 0 Å². The lowest BCUT2D eigenvalue weighted by molar-refractivity contribution is 0.306. The lowest BCUT2D eigenvalue weighted by Crippen LogP contribution is -2.21. The molecule has 0 aromatic heterocycles. The van der Waals surface area contributed by atoms with Crippen molar-refractivity contribution in [3.05, 3.63) is 84.4 Å². The van der Waals surface area contributed by atoms with Crippen LogP contribution in [0.3, 0.4) is 0 Å². The second-order valence-corrected chi connectivity index (χ2v) is 6.02. The van der Waals surface area contributed by atoms with E-state index in [-0.39, 0.29) is 0 Å². The first-order chi connectivity index (χ1) is 12.3. The Morgan fingerprint density at radius 3 is 2.08 bits per heavy atom. The van der Waals surface area contributed by atoms with Crippen molar-refractivity contribution in [1.29, 1.82) is 0 Å². The summed E-state index contributed by atoms with van der Waals surface area (Å²) >= 11 is 0. The van der Waals surface area contributed by atoms with E-state index < -0.39 is 0 Å². The third-order valence-corrected chi connectivity index (χ3v) is 4.41. The van der Waals surface area contributed by atoms with Gasteiger partial charge in [0.25, 0.3) is 0 Å². The molecule has 0 N–H and O–H groups in total. The summed E-state index contributed by atoms with van der Waals surface area (Å²) in [6.45, 7) is 6.93. The summed E-state index contributed by atoms with van der Waals surface area (Å²) in [6.07, 6.45) is 0. The van der Waals surface area contributed by atoms with Gasteiger partial charge in [-0.15, -0.1) is 0 Å². The monoisotopic (exact) mass is 331 g/mol. The summed E-state index contributed by atoms with van der Waals surface area (Å²) in [7, 11) is 0. The highest BCUT2D eigenvalue weighted by atomic mass is 16.5. The Hall–Kier alpha value is -2.74. The zero-order chi connectivity index (χ0) is 17.5. The van der Waals surface area contributed by atoms with Crippen LogP contribution in [0.2, 0.25) is 0 Å². The highest BCUT2D eigenvalue weighted by Crippen LogP contribution is 2.23. The molecule has 3 aromatic rings. The van der Waals surface area contributed by atoms with Gasteiger partial charge in [-0.2, -0.15) is 0 Å². The normalized spacial score (nSPS) is 10.5. The van der Waals surface area contributed by atoms with Crippen LogP contribution in [0.5, 0.6) is 5.75 Å². The molecule has 0 amide bonds. The average Bonchev–Trinajstić information content (AvgIpc) is 2.69. The molecule has 0 aliphatic rings. The first kappa shape index (κ1) is 17.1. The van der Waals surface area contributed by atoms with E-state index in [0.717, 1.165) is 18.8 Å². The van der Waals surface area contributed by atoms with E-state index in [1.807, 2.05) is 12.1 Å². The summed E-state index contributed by atoms with van der Waals surface area (Å²) in [5.41, 5.74) is 4.85. The van der Waals surface area contributed by atoms with Crippen molar-refractivity contribution in [3.8, 4) is 16.9 Å². The molecule has 0 spiro atoms. The number of ether oxygens (including phenoxy) is 1. The molecule has 25 heavy (non-hydrogen) atoms. The maximum absolute atomic E-state index is 5.99. The van der Waals surface area contributed by atoms with Crippen LogP contribution in [0.4, 0.5) is 5.69 Å². The van der Waals surface area contributed by atoms with Crippen molar-refractivity contribution in [2.75, 3.05) is 18.0 Å². The summed E-state index contributed by atoms with van der Waals surface area (Å²) in [5.74, 6) is 0.913. The second kappa shape index (κ2) is 8.39. The molecule has 2 heteroatoms. The Labute approximate surface area is 150 Å². The van der Waals surface area contributed by atoms with Gasteiger partial charge in [-0.3, -0.25) is 0 Å². The third-order valence-electron chi connectivity index (χ3n) is 4.41. The molecule has 0 unspecified atom stereocenters. The second-order valence-electron chi connectivity index (χ2n) is 6.02. The molecule has 0 atom stereocenters. The molecule has 3 aromatic carbocycles. The van der Waals surface area contributed by atoms with Gasteiger partial charge in [0, 0.05) is 24.8 Å². The van der Waals surface area contributed by atoms with Crippen molar-refractivity contribution in [1.82, 2.24) is 0 Å². The SMILES string of the molecule is CCN(CC)c1cccc(OCc2ccc(-c3ccccc3)cc2)c1. The van der Waals surface area contributed by atoms with E-state index >= 15 is 0 Å². The minimum absolute atomic E-state index is 0.580. The van der Waals surface area contributed by atoms with Gasteiger partial charge in [-0.25, -0.2) is 0 Å². The van der Waals surface area contributed by atoms with Crippen LogP contribution in [0.15, 0.2) is 78.9 Å². The maximum atomic E-state index is 5.99. The molecular formula is C23H25NO. The molecule has 0 aliphatic carbocycles. The molecule has 0 fully saturated rings. The molecule has 0 heterocycles. The number of nitrogens with zero attached hydrogens (tertiary/aromatic N) is 1. The van der Waals surface area contributed by atoms with Crippen molar-refractivity contribution < 1.29 is 4.74 Å². The fourth-order valence-electron chi connectivity index (χ4n) is 2.95. The van der Waals surface area contributed by atoms with Gasteiger partial charge in [0.05, 0.1) is 0 Å². The standard InChI is InChI=1S/C23H25NO/c1-3-24(4-2)22-11-8-12-23(17-22)25-18-19-13-15-21(16-14-19)20-9-6-5-7-10-20/h5-17H,3-4,18H2,1-2H3. The molecule has 0 saturated carbocycles. The van der Waals surface area contributed by atoms with E-state index in [0.29, 0.717) is 6.61 Å². The molecule has 3 rings (SSSR count). The van der Waals surface area contributed by atoms with Gasteiger partial charge in [0.15, 0.2) is 0 Å². The number of hydrogen-bond donors (Lipinski definition) is 0. The molecule has 0 aliphatic heterocycles. The largest absolute Gasteiger partial charge is 0.489 e. The molecule has 0 bridgehead atoms. The lowest BCUT2D eigenvalue weighted by Gasteiger charge is -2.21. The number of benzene rings is 3. The van der Waals surface area contributed by atoms with Crippen LogP contribution >= 0.6 is 0 Å². The minimum Gasteiger partial charge on any atom is -0.489 e. The topological polar surface area (TPSA) is 12.5 Å². The van der Waals surface area contributed by atoms with Crippen LogP contribution in [0.1, 0.15) is 19.4 Å².